The van der Waals surface area contributed by atoms with Crippen LogP contribution in [0.5, 0.6) is 11.5 Å². The number of nitrogens with zero attached hydrogens (tertiary/aromatic N) is 2. The van der Waals surface area contributed by atoms with Gasteiger partial charge in [-0.2, -0.15) is 5.10 Å². The van der Waals surface area contributed by atoms with E-state index in [-0.39, 0.29) is 0 Å². The van der Waals surface area contributed by atoms with Crippen molar-refractivity contribution in [3.63, 3.8) is 0 Å². The summed E-state index contributed by atoms with van der Waals surface area (Å²) >= 11 is 1.53. The van der Waals surface area contributed by atoms with Crippen molar-refractivity contribution in [2.75, 3.05) is 6.54 Å². The first-order chi connectivity index (χ1) is 9.40. The molecule has 1 atom stereocenters. The van der Waals surface area contributed by atoms with Crippen molar-refractivity contribution in [3.05, 3.63) is 39.8 Å². The number of hydrogen-bond acceptors (Lipinski definition) is 6. The fourth-order valence-corrected chi connectivity index (χ4v) is 2.81. The first-order valence-electron chi connectivity index (χ1n) is 6.06. The van der Waals surface area contributed by atoms with Crippen molar-refractivity contribution in [1.29, 1.82) is 0 Å². The van der Waals surface area contributed by atoms with Crippen molar-refractivity contribution < 1.29 is 9.47 Å². The zero-order valence-corrected chi connectivity index (χ0v) is 10.8. The molecule has 0 radical (unpaired) electrons. The highest BCUT2D eigenvalue weighted by atomic mass is 32.1. The van der Waals surface area contributed by atoms with E-state index in [0.717, 1.165) is 35.0 Å². The summed E-state index contributed by atoms with van der Waals surface area (Å²) in [6.07, 6.45) is 4.08. The van der Waals surface area contributed by atoms with Gasteiger partial charge in [-0.05, 0) is 24.1 Å². The number of thiazole rings is 1. The van der Waals surface area contributed by atoms with Gasteiger partial charge in [0.1, 0.15) is 0 Å². The molecule has 0 saturated heterocycles. The number of aromatic nitrogens is 1. The third-order valence-corrected chi connectivity index (χ3v) is 3.92. The Morgan fingerprint density at radius 1 is 1.26 bits per heavy atom. The topological polar surface area (TPSA) is 55.7 Å². The lowest BCUT2D eigenvalue weighted by molar-refractivity contribution is 0.0484. The average molecular weight is 273 g/mol. The monoisotopic (exact) mass is 273 g/mol. The molecule has 0 spiro atoms. The largest absolute Gasteiger partial charge is 0.444 e. The second-order valence-electron chi connectivity index (χ2n) is 4.35. The van der Waals surface area contributed by atoms with Crippen LogP contribution >= 0.6 is 11.3 Å². The van der Waals surface area contributed by atoms with E-state index in [2.05, 4.69) is 15.5 Å². The summed E-state index contributed by atoms with van der Waals surface area (Å²) in [4.78, 5) is 4.23. The molecular formula is C13H11N3O2S. The number of hydrazone groups is 1. The number of ether oxygens (including phenoxy) is 2. The standard InChI is InChI=1S/C13H11N3O2S/c1-2-15-16-7-9-6-11-10(5-8(1)9)17-13(18-11)12-14-3-4-19-12/h3-7,13,15H,1-2H2. The number of benzene rings is 1. The minimum absolute atomic E-state index is 0.420. The smallest absolute Gasteiger partial charge is 0.294 e. The van der Waals surface area contributed by atoms with Crippen molar-refractivity contribution in [1.82, 2.24) is 10.4 Å². The predicted octanol–water partition coefficient (Wildman–Crippen LogP) is 2.09. The van der Waals surface area contributed by atoms with Crippen molar-refractivity contribution in [3.8, 4) is 11.5 Å². The lowest BCUT2D eigenvalue weighted by Gasteiger charge is -2.05. The normalized spacial score (nSPS) is 19.7. The Labute approximate surface area is 113 Å². The van der Waals surface area contributed by atoms with Crippen LogP contribution in [0.2, 0.25) is 0 Å². The fourth-order valence-electron chi connectivity index (χ4n) is 2.22. The Morgan fingerprint density at radius 3 is 3.00 bits per heavy atom. The van der Waals surface area contributed by atoms with Crippen LogP contribution in [0, 0.1) is 0 Å². The first kappa shape index (κ1) is 10.8. The van der Waals surface area contributed by atoms with Crippen LogP contribution in [0.4, 0.5) is 0 Å². The predicted molar refractivity (Wildman–Crippen MR) is 71.9 cm³/mol. The van der Waals surface area contributed by atoms with E-state index in [1.165, 1.54) is 16.9 Å². The quantitative estimate of drug-likeness (QED) is 0.864. The van der Waals surface area contributed by atoms with Gasteiger partial charge >= 0.3 is 0 Å². The average Bonchev–Trinajstić information content (AvgIpc) is 3.01. The molecule has 1 aromatic heterocycles. The van der Waals surface area contributed by atoms with Crippen molar-refractivity contribution >= 4 is 17.6 Å². The van der Waals surface area contributed by atoms with Crippen LogP contribution in [0.3, 0.4) is 0 Å². The van der Waals surface area contributed by atoms with Crippen LogP contribution in [-0.4, -0.2) is 17.7 Å². The van der Waals surface area contributed by atoms with E-state index in [9.17, 15) is 0 Å². The molecule has 0 saturated carbocycles. The maximum Gasteiger partial charge on any atom is 0.294 e. The minimum Gasteiger partial charge on any atom is -0.444 e. The van der Waals surface area contributed by atoms with E-state index in [1.54, 1.807) is 6.20 Å². The van der Waals surface area contributed by atoms with Gasteiger partial charge in [-0.15, -0.1) is 11.3 Å². The van der Waals surface area contributed by atoms with Gasteiger partial charge in [0.25, 0.3) is 6.29 Å². The highest BCUT2D eigenvalue weighted by Crippen LogP contribution is 2.42. The molecule has 3 heterocycles. The minimum atomic E-state index is -0.420. The van der Waals surface area contributed by atoms with Gasteiger partial charge in [0, 0.05) is 23.7 Å². The summed E-state index contributed by atoms with van der Waals surface area (Å²) in [5, 5.41) is 6.88. The van der Waals surface area contributed by atoms with E-state index >= 15 is 0 Å². The van der Waals surface area contributed by atoms with Gasteiger partial charge in [0.2, 0.25) is 0 Å². The summed E-state index contributed by atoms with van der Waals surface area (Å²) in [6.45, 7) is 0.832. The summed E-state index contributed by atoms with van der Waals surface area (Å²) in [6, 6.07) is 4.02. The van der Waals surface area contributed by atoms with Gasteiger partial charge in [0.05, 0.1) is 6.21 Å². The third kappa shape index (κ3) is 1.84. The second kappa shape index (κ2) is 4.24. The van der Waals surface area contributed by atoms with Crippen molar-refractivity contribution in [2.45, 2.75) is 12.7 Å². The maximum atomic E-state index is 5.82. The Bertz CT molecular complexity index is 640. The molecule has 0 amide bonds. The summed E-state index contributed by atoms with van der Waals surface area (Å²) in [7, 11) is 0. The molecule has 2 aliphatic rings. The van der Waals surface area contributed by atoms with Gasteiger partial charge in [0.15, 0.2) is 16.5 Å². The van der Waals surface area contributed by atoms with Crippen LogP contribution < -0.4 is 14.9 Å². The molecule has 96 valence electrons. The Kier molecular flexibility index (Phi) is 2.41. The van der Waals surface area contributed by atoms with Gasteiger partial charge < -0.3 is 14.9 Å². The number of rotatable bonds is 1. The Morgan fingerprint density at radius 2 is 2.16 bits per heavy atom. The van der Waals surface area contributed by atoms with Crippen LogP contribution in [0.25, 0.3) is 0 Å². The molecule has 6 heteroatoms. The highest BCUT2D eigenvalue weighted by molar-refractivity contribution is 7.09. The van der Waals surface area contributed by atoms with E-state index < -0.39 is 6.29 Å². The zero-order chi connectivity index (χ0) is 12.7. The number of fused-ring (bicyclic) bond motifs is 2. The summed E-state index contributed by atoms with van der Waals surface area (Å²) in [5.41, 5.74) is 5.27. The van der Waals surface area contributed by atoms with Crippen molar-refractivity contribution in [2.24, 2.45) is 5.10 Å². The van der Waals surface area contributed by atoms with Gasteiger partial charge in [-0.3, -0.25) is 0 Å². The molecule has 1 aromatic carbocycles. The molecule has 0 bridgehead atoms. The Hall–Kier alpha value is -2.08. The molecular weight excluding hydrogens is 262 g/mol. The first-order valence-corrected chi connectivity index (χ1v) is 6.94. The Balaban J connectivity index is 1.70. The number of hydrogen-bond donors (Lipinski definition) is 1. The third-order valence-electron chi connectivity index (χ3n) is 3.13. The fraction of sp³-hybridized carbons (Fsp3) is 0.231. The SMILES string of the molecule is C1=NNCCc2cc3c(cc21)OC(c1nccs1)O3. The molecule has 5 nitrogen and oxygen atoms in total. The lowest BCUT2D eigenvalue weighted by atomic mass is 10.0. The lowest BCUT2D eigenvalue weighted by Crippen LogP contribution is -2.07. The van der Waals surface area contributed by atoms with Gasteiger partial charge in [-0.1, -0.05) is 0 Å². The van der Waals surface area contributed by atoms with Gasteiger partial charge in [-0.25, -0.2) is 4.98 Å². The molecule has 1 N–H and O–H groups in total. The molecule has 0 fully saturated rings. The van der Waals surface area contributed by atoms with Crippen LogP contribution in [0.15, 0.2) is 28.8 Å². The highest BCUT2D eigenvalue weighted by Gasteiger charge is 2.29. The molecule has 2 aromatic rings. The van der Waals surface area contributed by atoms with E-state index in [0.29, 0.717) is 0 Å². The molecule has 2 aliphatic heterocycles. The van der Waals surface area contributed by atoms with Crippen LogP contribution in [-0.2, 0) is 6.42 Å². The zero-order valence-electron chi connectivity index (χ0n) is 10.00. The second-order valence-corrected chi connectivity index (χ2v) is 5.28. The summed E-state index contributed by atoms with van der Waals surface area (Å²) < 4.78 is 11.6. The van der Waals surface area contributed by atoms with E-state index in [1.807, 2.05) is 23.7 Å². The maximum absolute atomic E-state index is 5.82. The molecule has 19 heavy (non-hydrogen) atoms. The van der Waals surface area contributed by atoms with E-state index in [4.69, 9.17) is 9.47 Å². The molecule has 1 unspecified atom stereocenters. The van der Waals surface area contributed by atoms with Crippen LogP contribution in [0.1, 0.15) is 22.4 Å². The number of nitrogens with one attached hydrogen (secondary N) is 1. The summed E-state index contributed by atoms with van der Waals surface area (Å²) in [5.74, 6) is 1.54. The molecule has 0 aliphatic carbocycles. The molecule has 4 rings (SSSR count).